The predicted octanol–water partition coefficient (Wildman–Crippen LogP) is 3.41. The fraction of sp³-hybridized carbons (Fsp3) is 0.200. The molecule has 0 fully saturated rings. The summed E-state index contributed by atoms with van der Waals surface area (Å²) in [5, 5.41) is 3.17. The van der Waals surface area contributed by atoms with Gasteiger partial charge in [-0.05, 0) is 35.4 Å². The number of fused-ring (bicyclic) bond motifs is 1. The Balaban J connectivity index is 0.00000161. The van der Waals surface area contributed by atoms with Gasteiger partial charge in [-0.15, -0.1) is 12.4 Å². The van der Waals surface area contributed by atoms with Gasteiger partial charge in [0.15, 0.2) is 23.1 Å². The van der Waals surface area contributed by atoms with Gasteiger partial charge in [-0.2, -0.15) is 0 Å². The van der Waals surface area contributed by atoms with E-state index in [0.717, 1.165) is 23.1 Å². The average molecular weight is 314 g/mol. The van der Waals surface area contributed by atoms with E-state index >= 15 is 0 Å². The van der Waals surface area contributed by atoms with Crippen LogP contribution in [0.15, 0.2) is 36.4 Å². The SMILES string of the molecule is Cl.Fc1ccc(CNCc2ccc3c(c2)OCO3)cc1F. The molecule has 0 bridgehead atoms. The van der Waals surface area contributed by atoms with Gasteiger partial charge < -0.3 is 14.8 Å². The van der Waals surface area contributed by atoms with Crippen LogP contribution in [0.5, 0.6) is 11.5 Å². The standard InChI is InChI=1S/C15H13F2NO2.ClH/c16-12-3-1-10(5-13(12)17)7-18-8-11-2-4-14-15(6-11)20-9-19-14;/h1-6,18H,7-9H2;1H. The molecule has 0 atom stereocenters. The summed E-state index contributed by atoms with van der Waals surface area (Å²) in [6.45, 7) is 1.32. The molecule has 0 saturated heterocycles. The first-order chi connectivity index (χ1) is 9.72. The second kappa shape index (κ2) is 6.74. The Kier molecular flexibility index (Phi) is 4.98. The number of hydrogen-bond donors (Lipinski definition) is 1. The number of nitrogens with one attached hydrogen (secondary N) is 1. The van der Waals surface area contributed by atoms with Crippen molar-refractivity contribution in [2.75, 3.05) is 6.79 Å². The summed E-state index contributed by atoms with van der Waals surface area (Å²) in [4.78, 5) is 0. The first-order valence-corrected chi connectivity index (χ1v) is 6.25. The molecule has 1 aliphatic rings. The second-order valence-electron chi connectivity index (χ2n) is 4.54. The van der Waals surface area contributed by atoms with E-state index in [1.165, 1.54) is 6.07 Å². The molecule has 6 heteroatoms. The zero-order valence-electron chi connectivity index (χ0n) is 11.1. The molecule has 21 heavy (non-hydrogen) atoms. The van der Waals surface area contributed by atoms with Crippen LogP contribution in [0.1, 0.15) is 11.1 Å². The van der Waals surface area contributed by atoms with E-state index in [4.69, 9.17) is 9.47 Å². The minimum Gasteiger partial charge on any atom is -0.454 e. The lowest BCUT2D eigenvalue weighted by atomic mass is 10.2. The second-order valence-corrected chi connectivity index (χ2v) is 4.54. The van der Waals surface area contributed by atoms with Crippen LogP contribution in [0, 0.1) is 11.6 Å². The minimum absolute atomic E-state index is 0. The molecule has 112 valence electrons. The Hall–Kier alpha value is -1.85. The van der Waals surface area contributed by atoms with Gasteiger partial charge in [0.05, 0.1) is 0 Å². The van der Waals surface area contributed by atoms with Crippen molar-refractivity contribution in [3.8, 4) is 11.5 Å². The van der Waals surface area contributed by atoms with Crippen LogP contribution in [0.3, 0.4) is 0 Å². The summed E-state index contributed by atoms with van der Waals surface area (Å²) in [7, 11) is 0. The zero-order valence-corrected chi connectivity index (χ0v) is 11.9. The van der Waals surface area contributed by atoms with Crippen LogP contribution in [0.4, 0.5) is 8.78 Å². The van der Waals surface area contributed by atoms with Crippen LogP contribution in [-0.2, 0) is 13.1 Å². The molecule has 1 heterocycles. The van der Waals surface area contributed by atoms with Crippen LogP contribution in [0.25, 0.3) is 0 Å². The molecular weight excluding hydrogens is 300 g/mol. The Bertz CT molecular complexity index is 637. The molecule has 0 amide bonds. The van der Waals surface area contributed by atoms with Crippen molar-refractivity contribution in [1.29, 1.82) is 0 Å². The first kappa shape index (κ1) is 15.5. The van der Waals surface area contributed by atoms with E-state index in [9.17, 15) is 8.78 Å². The van der Waals surface area contributed by atoms with Gasteiger partial charge in [-0.3, -0.25) is 0 Å². The van der Waals surface area contributed by atoms with Gasteiger partial charge in [-0.25, -0.2) is 8.78 Å². The van der Waals surface area contributed by atoms with E-state index < -0.39 is 11.6 Å². The topological polar surface area (TPSA) is 30.5 Å². The molecule has 2 aromatic carbocycles. The number of halogens is 3. The quantitative estimate of drug-likeness (QED) is 0.938. The first-order valence-electron chi connectivity index (χ1n) is 6.25. The highest BCUT2D eigenvalue weighted by Crippen LogP contribution is 2.32. The molecule has 0 unspecified atom stereocenters. The van der Waals surface area contributed by atoms with E-state index in [1.807, 2.05) is 18.2 Å². The van der Waals surface area contributed by atoms with Crippen molar-refractivity contribution in [2.45, 2.75) is 13.1 Å². The third-order valence-corrected chi connectivity index (χ3v) is 3.08. The molecule has 0 spiro atoms. The summed E-state index contributed by atoms with van der Waals surface area (Å²) >= 11 is 0. The van der Waals surface area contributed by atoms with Crippen molar-refractivity contribution >= 4 is 12.4 Å². The van der Waals surface area contributed by atoms with Gasteiger partial charge in [0.25, 0.3) is 0 Å². The summed E-state index contributed by atoms with van der Waals surface area (Å²) in [6.07, 6.45) is 0. The molecular formula is C15H14ClF2NO2. The van der Waals surface area contributed by atoms with Crippen LogP contribution in [-0.4, -0.2) is 6.79 Å². The third kappa shape index (κ3) is 3.62. The summed E-state index contributed by atoms with van der Waals surface area (Å²) in [5.74, 6) is -0.177. The van der Waals surface area contributed by atoms with E-state index in [2.05, 4.69) is 5.32 Å². The summed E-state index contributed by atoms with van der Waals surface area (Å²) in [5.41, 5.74) is 1.74. The minimum atomic E-state index is -0.829. The molecule has 2 aromatic rings. The van der Waals surface area contributed by atoms with Crippen LogP contribution >= 0.6 is 12.4 Å². The van der Waals surface area contributed by atoms with E-state index in [0.29, 0.717) is 18.7 Å². The Morgan fingerprint density at radius 2 is 1.52 bits per heavy atom. The fourth-order valence-electron chi connectivity index (χ4n) is 2.05. The lowest BCUT2D eigenvalue weighted by Crippen LogP contribution is -2.12. The monoisotopic (exact) mass is 313 g/mol. The molecule has 0 aromatic heterocycles. The van der Waals surface area contributed by atoms with Crippen molar-refractivity contribution in [3.63, 3.8) is 0 Å². The lowest BCUT2D eigenvalue weighted by Gasteiger charge is -2.06. The lowest BCUT2D eigenvalue weighted by molar-refractivity contribution is 0.174. The number of ether oxygens (including phenoxy) is 2. The molecule has 1 N–H and O–H groups in total. The van der Waals surface area contributed by atoms with Gasteiger partial charge in [0.1, 0.15) is 0 Å². The maximum Gasteiger partial charge on any atom is 0.231 e. The Labute approximate surface area is 127 Å². The molecule has 0 saturated carbocycles. The number of benzene rings is 2. The third-order valence-electron chi connectivity index (χ3n) is 3.08. The van der Waals surface area contributed by atoms with Crippen molar-refractivity contribution in [2.24, 2.45) is 0 Å². The maximum atomic E-state index is 13.0. The molecule has 1 aliphatic heterocycles. The summed E-state index contributed by atoms with van der Waals surface area (Å²) in [6, 6.07) is 9.59. The average Bonchev–Trinajstić information content (AvgIpc) is 2.90. The molecule has 3 rings (SSSR count). The highest BCUT2D eigenvalue weighted by molar-refractivity contribution is 5.85. The molecule has 0 aliphatic carbocycles. The largest absolute Gasteiger partial charge is 0.454 e. The Morgan fingerprint density at radius 1 is 0.857 bits per heavy atom. The number of hydrogen-bond acceptors (Lipinski definition) is 3. The maximum absolute atomic E-state index is 13.0. The van der Waals surface area contributed by atoms with Crippen molar-refractivity contribution in [3.05, 3.63) is 59.2 Å². The van der Waals surface area contributed by atoms with E-state index in [1.54, 1.807) is 6.07 Å². The Morgan fingerprint density at radius 3 is 2.29 bits per heavy atom. The van der Waals surface area contributed by atoms with Gasteiger partial charge in [-0.1, -0.05) is 12.1 Å². The van der Waals surface area contributed by atoms with Crippen molar-refractivity contribution < 1.29 is 18.3 Å². The van der Waals surface area contributed by atoms with Crippen molar-refractivity contribution in [1.82, 2.24) is 5.32 Å². The highest BCUT2D eigenvalue weighted by atomic mass is 35.5. The molecule has 3 nitrogen and oxygen atoms in total. The fourth-order valence-corrected chi connectivity index (χ4v) is 2.05. The molecule has 0 radical (unpaired) electrons. The highest BCUT2D eigenvalue weighted by Gasteiger charge is 2.12. The van der Waals surface area contributed by atoms with Gasteiger partial charge in [0, 0.05) is 13.1 Å². The van der Waals surface area contributed by atoms with E-state index in [-0.39, 0.29) is 19.2 Å². The van der Waals surface area contributed by atoms with Gasteiger partial charge in [0.2, 0.25) is 6.79 Å². The normalized spacial score (nSPS) is 12.1. The smallest absolute Gasteiger partial charge is 0.231 e. The predicted molar refractivity (Wildman–Crippen MR) is 76.7 cm³/mol. The summed E-state index contributed by atoms with van der Waals surface area (Å²) < 4.78 is 36.4. The van der Waals surface area contributed by atoms with Crippen LogP contribution < -0.4 is 14.8 Å². The zero-order chi connectivity index (χ0) is 13.9. The van der Waals surface area contributed by atoms with Gasteiger partial charge >= 0.3 is 0 Å². The number of rotatable bonds is 4. The van der Waals surface area contributed by atoms with Crippen LogP contribution in [0.2, 0.25) is 0 Å².